The van der Waals surface area contributed by atoms with Crippen LogP contribution in [0.1, 0.15) is 93.7 Å². The van der Waals surface area contributed by atoms with Gasteiger partial charge in [0, 0.05) is 63.9 Å². The first-order chi connectivity index (χ1) is 34.9. The first kappa shape index (κ1) is 48.8. The van der Waals surface area contributed by atoms with Crippen molar-refractivity contribution in [2.24, 2.45) is 5.92 Å². The Morgan fingerprint density at radius 2 is 1.25 bits per heavy atom. The van der Waals surface area contributed by atoms with Crippen LogP contribution in [0.3, 0.4) is 0 Å². The van der Waals surface area contributed by atoms with Crippen LogP contribution >= 0.6 is 0 Å². The Hall–Kier alpha value is -6.81. The van der Waals surface area contributed by atoms with Gasteiger partial charge in [0.05, 0.1) is 36.8 Å². The summed E-state index contributed by atoms with van der Waals surface area (Å²) in [4.78, 5) is 71.4. The van der Waals surface area contributed by atoms with Gasteiger partial charge in [-0.25, -0.2) is 19.9 Å². The van der Waals surface area contributed by atoms with Crippen LogP contribution < -0.4 is 26.2 Å². The molecule has 4 aliphatic rings. The number of fused-ring (bicyclic) bond motifs is 2. The van der Waals surface area contributed by atoms with Gasteiger partial charge >= 0.3 is 0 Å². The van der Waals surface area contributed by atoms with Gasteiger partial charge in [0.2, 0.25) is 23.7 Å². The molecule has 21 heteroatoms. The minimum absolute atomic E-state index is 0.0198. The van der Waals surface area contributed by atoms with E-state index in [1.165, 1.54) is 0 Å². The van der Waals surface area contributed by atoms with Crippen LogP contribution in [-0.2, 0) is 14.4 Å². The number of aliphatic hydroxyl groups is 4. The van der Waals surface area contributed by atoms with E-state index in [-0.39, 0.29) is 54.9 Å². The number of rotatable bonds is 16. The molecule has 0 unspecified atom stereocenters. The van der Waals surface area contributed by atoms with Gasteiger partial charge in [-0.15, -0.1) is 0 Å². The molecule has 10 atom stereocenters. The molecule has 3 amide bonds. The van der Waals surface area contributed by atoms with Crippen LogP contribution in [0, 0.1) is 12.8 Å². The molecule has 0 bridgehead atoms. The fourth-order valence-corrected chi connectivity index (χ4v) is 11.1. The first-order valence-electron chi connectivity index (χ1n) is 25.3. The molecule has 2 aliphatic carbocycles. The zero-order valence-electron chi connectivity index (χ0n) is 40.8. The Balaban J connectivity index is 0.836. The molecule has 8 N–H and O–H groups in total. The third kappa shape index (κ3) is 9.77. The molecule has 10 rings (SSSR count). The largest absolute Gasteiger partial charge is 0.388 e. The highest BCUT2D eigenvalue weighted by Crippen LogP contribution is 2.38. The van der Waals surface area contributed by atoms with Crippen molar-refractivity contribution in [3.8, 4) is 0 Å². The number of aromatic nitrogens is 8. The van der Waals surface area contributed by atoms with Gasteiger partial charge < -0.3 is 60.6 Å². The maximum Gasteiger partial charge on any atom is 0.229 e. The molecule has 2 aromatic carbocycles. The number of likely N-dealkylation sites (tertiary alicyclic amines) is 1. The molecular formula is C51H64N14O7. The lowest BCUT2D eigenvalue weighted by atomic mass is 9.91. The molecule has 6 heterocycles. The Bertz CT molecular complexity index is 2860. The van der Waals surface area contributed by atoms with Crippen molar-refractivity contribution in [3.63, 3.8) is 0 Å². The molecule has 72 heavy (non-hydrogen) atoms. The second-order valence-corrected chi connectivity index (χ2v) is 19.8. The third-order valence-electron chi connectivity index (χ3n) is 15.1. The number of nitrogens with one attached hydrogen (secondary N) is 4. The molecule has 0 radical (unpaired) electrons. The summed E-state index contributed by atoms with van der Waals surface area (Å²) in [5, 5.41) is 57.0. The number of aryl methyl sites for hydroxylation is 1. The molecule has 6 aromatic rings. The van der Waals surface area contributed by atoms with E-state index in [4.69, 9.17) is 15.0 Å². The van der Waals surface area contributed by atoms with E-state index in [9.17, 15) is 34.8 Å². The average Bonchev–Trinajstić information content (AvgIpc) is 4.28. The van der Waals surface area contributed by atoms with Gasteiger partial charge in [-0.1, -0.05) is 74.5 Å². The van der Waals surface area contributed by atoms with Gasteiger partial charge in [0.25, 0.3) is 0 Å². The summed E-state index contributed by atoms with van der Waals surface area (Å²) < 4.78 is 3.53. The van der Waals surface area contributed by atoms with Gasteiger partial charge in [-0.2, -0.15) is 9.97 Å². The smallest absolute Gasteiger partial charge is 0.229 e. The summed E-state index contributed by atoms with van der Waals surface area (Å²) in [7, 11) is 0. The molecule has 0 spiro atoms. The standard InChI is InChI=1S/C51H64N14O7/c1-4-38(66)58-34-21-36(45(71)43(34)69)64-27-54-42-48(55-28(3)56-49(42)64)57-32-17-19-62(25-32)40(68)20-29-16-18-63(24-29)51-60-47(52-23-33(30-12-8-6-9-13-30)31-14-10-7-11-15-31)41-50(61-51)65(26-53-41)37-22-35(44(70)46(37)72)59-39(67)5-2/h6-15,26-27,29,32-37,43-46,69-72H,4-5,16-25H2,1-3H3,(H,58,66)(H,59,67)(H,52,60,61)(H,55,56,57)/t29-,32-,34-,35-,36+,37+,43+,44+,45-,46-/m0/s1. The lowest BCUT2D eigenvalue weighted by Crippen LogP contribution is -2.42. The lowest BCUT2D eigenvalue weighted by Gasteiger charge is -2.22. The Morgan fingerprint density at radius 3 is 1.83 bits per heavy atom. The molecule has 4 aromatic heterocycles. The average molecular weight is 985 g/mol. The zero-order valence-corrected chi connectivity index (χ0v) is 40.8. The van der Waals surface area contributed by atoms with Crippen LogP contribution in [0.5, 0.6) is 0 Å². The number of nitrogens with zero attached hydrogens (tertiary/aromatic N) is 10. The van der Waals surface area contributed by atoms with E-state index in [0.29, 0.717) is 97.7 Å². The van der Waals surface area contributed by atoms with Crippen molar-refractivity contribution < 1.29 is 34.8 Å². The third-order valence-corrected chi connectivity index (χ3v) is 15.1. The number of anilines is 3. The maximum absolute atomic E-state index is 14.0. The summed E-state index contributed by atoms with van der Waals surface area (Å²) in [5.74, 6) is 1.66. The summed E-state index contributed by atoms with van der Waals surface area (Å²) in [5.41, 5.74) is 4.27. The molecular weight excluding hydrogens is 921 g/mol. The number of benzene rings is 2. The second kappa shape index (κ2) is 20.7. The van der Waals surface area contributed by atoms with Crippen molar-refractivity contribution in [2.45, 2.75) is 126 Å². The maximum atomic E-state index is 14.0. The van der Waals surface area contributed by atoms with Crippen molar-refractivity contribution in [1.29, 1.82) is 0 Å². The summed E-state index contributed by atoms with van der Waals surface area (Å²) in [6, 6.07) is 18.0. The topological polar surface area (TPSA) is 274 Å². The molecule has 2 aliphatic heterocycles. The van der Waals surface area contributed by atoms with Gasteiger partial charge in [-0.3, -0.25) is 14.4 Å². The van der Waals surface area contributed by atoms with Crippen LogP contribution in [0.25, 0.3) is 22.3 Å². The number of imidazole rings is 2. The zero-order chi connectivity index (χ0) is 50.2. The Labute approximate surface area is 416 Å². The van der Waals surface area contributed by atoms with E-state index in [1.54, 1.807) is 42.6 Å². The molecule has 380 valence electrons. The second-order valence-electron chi connectivity index (χ2n) is 19.8. The minimum atomic E-state index is -1.18. The summed E-state index contributed by atoms with van der Waals surface area (Å²) >= 11 is 0. The number of carbonyl (C=O) groups is 3. The fraction of sp³-hybridized carbons (Fsp3) is 0.510. The van der Waals surface area contributed by atoms with Crippen molar-refractivity contribution in [2.75, 3.05) is 48.3 Å². The Kier molecular flexibility index (Phi) is 14.1. The SMILES string of the molecule is CCC(=O)N[C@H]1C[C@@H](n2cnc3c(NCC(c4ccccc4)c4ccccc4)nc(N4CC[C@@H](CC(=O)N5CC[C@H](Nc6nc(C)nc7c6ncn7[C@@H]6C[C@H](NC(=O)CC)[C@@H](O)[C@H]6O)C5)C4)nc32)[C@H](O)[C@@H]1O. The molecule has 21 nitrogen and oxygen atoms in total. The van der Waals surface area contributed by atoms with Crippen molar-refractivity contribution in [3.05, 3.63) is 90.3 Å². The molecule has 4 fully saturated rings. The molecule has 2 saturated heterocycles. The van der Waals surface area contributed by atoms with E-state index in [0.717, 1.165) is 17.5 Å². The van der Waals surface area contributed by atoms with Crippen LogP contribution in [0.2, 0.25) is 0 Å². The normalized spacial score (nSPS) is 26.3. The lowest BCUT2D eigenvalue weighted by molar-refractivity contribution is -0.131. The van der Waals surface area contributed by atoms with Gasteiger partial charge in [-0.05, 0) is 49.7 Å². The van der Waals surface area contributed by atoms with Crippen LogP contribution in [0.4, 0.5) is 17.6 Å². The number of carbonyl (C=O) groups excluding carboxylic acids is 3. The minimum Gasteiger partial charge on any atom is -0.388 e. The number of aliphatic hydroxyl groups excluding tert-OH is 4. The molecule has 2 saturated carbocycles. The van der Waals surface area contributed by atoms with E-state index < -0.39 is 48.6 Å². The quantitative estimate of drug-likeness (QED) is 0.0692. The number of hydrogen-bond donors (Lipinski definition) is 8. The predicted molar refractivity (Wildman–Crippen MR) is 268 cm³/mol. The predicted octanol–water partition coefficient (Wildman–Crippen LogP) is 2.57. The monoisotopic (exact) mass is 985 g/mol. The summed E-state index contributed by atoms with van der Waals surface area (Å²) in [6.07, 6.45) is 1.46. The van der Waals surface area contributed by atoms with Crippen molar-refractivity contribution in [1.82, 2.24) is 54.6 Å². The highest BCUT2D eigenvalue weighted by atomic mass is 16.3. The highest BCUT2D eigenvalue weighted by Gasteiger charge is 2.45. The van der Waals surface area contributed by atoms with Crippen LogP contribution in [-0.4, -0.2) is 157 Å². The number of amides is 3. The fourth-order valence-electron chi connectivity index (χ4n) is 11.1. The van der Waals surface area contributed by atoms with Gasteiger partial charge in [0.15, 0.2) is 28.4 Å². The number of hydrogen-bond acceptors (Lipinski definition) is 16. The van der Waals surface area contributed by atoms with E-state index >= 15 is 0 Å². The first-order valence-corrected chi connectivity index (χ1v) is 25.3. The Morgan fingerprint density at radius 1 is 0.681 bits per heavy atom. The van der Waals surface area contributed by atoms with E-state index in [2.05, 4.69) is 65.4 Å². The summed E-state index contributed by atoms with van der Waals surface area (Å²) in [6.45, 7) is 7.96. The van der Waals surface area contributed by atoms with Gasteiger partial charge in [0.1, 0.15) is 35.8 Å². The van der Waals surface area contributed by atoms with Crippen molar-refractivity contribution >= 4 is 57.6 Å². The van der Waals surface area contributed by atoms with Crippen LogP contribution in [0.15, 0.2) is 73.3 Å². The van der Waals surface area contributed by atoms with E-state index in [1.807, 2.05) is 41.3 Å². The highest BCUT2D eigenvalue weighted by molar-refractivity contribution is 5.85.